The van der Waals surface area contributed by atoms with Crippen LogP contribution in [0.3, 0.4) is 0 Å². The first-order chi connectivity index (χ1) is 13.3. The molecular weight excluding hydrogens is 356 g/mol. The third-order valence-corrected chi connectivity index (χ3v) is 5.22. The van der Waals surface area contributed by atoms with E-state index in [2.05, 4.69) is 44.9 Å². The van der Waals surface area contributed by atoms with Gasteiger partial charge in [-0.15, -0.1) is 10.2 Å². The molecule has 5 rings (SSSR count). The monoisotopic (exact) mass is 372 g/mol. The molecule has 0 aliphatic heterocycles. The van der Waals surface area contributed by atoms with Crippen molar-refractivity contribution in [1.82, 2.24) is 25.0 Å². The second-order valence-electron chi connectivity index (χ2n) is 6.24. The Balaban J connectivity index is 1.36. The molecule has 0 amide bonds. The van der Waals surface area contributed by atoms with Crippen LogP contribution in [0.1, 0.15) is 10.6 Å². The Labute approximate surface area is 159 Å². The van der Waals surface area contributed by atoms with Crippen LogP contribution in [0.4, 0.5) is 5.13 Å². The van der Waals surface area contributed by atoms with Crippen molar-refractivity contribution in [2.45, 2.75) is 13.1 Å². The quantitative estimate of drug-likeness (QED) is 0.503. The number of aromatic nitrogens is 5. The lowest BCUT2D eigenvalue weighted by atomic mass is 10.2. The van der Waals surface area contributed by atoms with Gasteiger partial charge in [-0.05, 0) is 17.7 Å². The molecule has 5 aromatic rings. The average Bonchev–Trinajstić information content (AvgIpc) is 3.33. The van der Waals surface area contributed by atoms with E-state index in [1.54, 1.807) is 11.3 Å². The molecule has 0 fully saturated rings. The van der Waals surface area contributed by atoms with Crippen LogP contribution in [-0.2, 0) is 13.1 Å². The molecule has 0 aliphatic rings. The first-order valence-electron chi connectivity index (χ1n) is 8.67. The van der Waals surface area contributed by atoms with Crippen LogP contribution in [0, 0.1) is 0 Å². The van der Waals surface area contributed by atoms with Crippen LogP contribution in [0.5, 0.6) is 0 Å². The fourth-order valence-corrected chi connectivity index (χ4v) is 3.73. The molecule has 0 radical (unpaired) electrons. The van der Waals surface area contributed by atoms with Crippen LogP contribution in [0.25, 0.3) is 21.9 Å². The fraction of sp³-hybridized carbons (Fsp3) is 0.100. The molecular formula is C20H16N6S. The maximum Gasteiger partial charge on any atom is 0.206 e. The number of rotatable bonds is 5. The lowest BCUT2D eigenvalue weighted by Gasteiger charge is -2.02. The van der Waals surface area contributed by atoms with Crippen molar-refractivity contribution < 1.29 is 0 Å². The molecule has 3 aromatic heterocycles. The Morgan fingerprint density at radius 1 is 0.926 bits per heavy atom. The Bertz CT molecular complexity index is 1210. The highest BCUT2D eigenvalue weighted by molar-refractivity contribution is 7.15. The summed E-state index contributed by atoms with van der Waals surface area (Å²) in [5.74, 6) is 0. The van der Waals surface area contributed by atoms with Gasteiger partial charge in [0.1, 0.15) is 5.01 Å². The summed E-state index contributed by atoms with van der Waals surface area (Å²) in [6.45, 7) is 1.28. The number of pyridine rings is 1. The van der Waals surface area contributed by atoms with Gasteiger partial charge >= 0.3 is 0 Å². The number of nitrogens with one attached hydrogen (secondary N) is 1. The van der Waals surface area contributed by atoms with E-state index < -0.39 is 0 Å². The number of fused-ring (bicyclic) bond motifs is 2. The smallest absolute Gasteiger partial charge is 0.206 e. The van der Waals surface area contributed by atoms with Crippen molar-refractivity contribution in [3.8, 4) is 0 Å². The zero-order valence-electron chi connectivity index (χ0n) is 14.4. The molecule has 132 valence electrons. The molecule has 6 nitrogen and oxygen atoms in total. The molecule has 3 heterocycles. The maximum atomic E-state index is 4.76. The van der Waals surface area contributed by atoms with Gasteiger partial charge in [0.05, 0.1) is 18.3 Å². The number of para-hydroxylation sites is 1. The van der Waals surface area contributed by atoms with Gasteiger partial charge in [0, 0.05) is 17.3 Å². The van der Waals surface area contributed by atoms with Crippen molar-refractivity contribution in [2.75, 3.05) is 5.32 Å². The Morgan fingerprint density at radius 2 is 1.78 bits per heavy atom. The molecule has 7 heteroatoms. The minimum atomic E-state index is 0.555. The predicted octanol–water partition coefficient (Wildman–Crippen LogP) is 4.10. The van der Waals surface area contributed by atoms with E-state index in [0.29, 0.717) is 6.54 Å². The van der Waals surface area contributed by atoms with Crippen molar-refractivity contribution in [1.29, 1.82) is 0 Å². The van der Waals surface area contributed by atoms with Crippen LogP contribution >= 0.6 is 11.3 Å². The van der Waals surface area contributed by atoms with Crippen LogP contribution in [0.15, 0.2) is 66.9 Å². The summed E-state index contributed by atoms with van der Waals surface area (Å²) < 4.78 is 1.88. The van der Waals surface area contributed by atoms with Gasteiger partial charge in [-0.2, -0.15) is 5.10 Å². The summed E-state index contributed by atoms with van der Waals surface area (Å²) in [4.78, 5) is 4.76. The Morgan fingerprint density at radius 3 is 2.70 bits per heavy atom. The van der Waals surface area contributed by atoms with Crippen LogP contribution < -0.4 is 5.32 Å². The minimum absolute atomic E-state index is 0.555. The minimum Gasteiger partial charge on any atom is -0.356 e. The highest BCUT2D eigenvalue weighted by Gasteiger charge is 2.10. The second kappa shape index (κ2) is 6.77. The lowest BCUT2D eigenvalue weighted by Crippen LogP contribution is -2.02. The van der Waals surface area contributed by atoms with E-state index in [0.717, 1.165) is 38.6 Å². The molecule has 1 N–H and O–H groups in total. The first kappa shape index (κ1) is 15.9. The number of hydrogen-bond donors (Lipinski definition) is 1. The van der Waals surface area contributed by atoms with Crippen LogP contribution in [0.2, 0.25) is 0 Å². The van der Waals surface area contributed by atoms with Crippen molar-refractivity contribution in [3.63, 3.8) is 0 Å². The third-order valence-electron chi connectivity index (χ3n) is 4.35. The predicted molar refractivity (Wildman–Crippen MR) is 108 cm³/mol. The Kier molecular flexibility index (Phi) is 3.99. The van der Waals surface area contributed by atoms with E-state index in [1.807, 2.05) is 47.3 Å². The maximum absolute atomic E-state index is 4.76. The molecule has 2 aromatic carbocycles. The summed E-state index contributed by atoms with van der Waals surface area (Å²) in [6, 6.07) is 20.5. The van der Waals surface area contributed by atoms with Gasteiger partial charge in [-0.25, -0.2) is 9.67 Å². The highest BCUT2D eigenvalue weighted by Crippen LogP contribution is 2.22. The summed E-state index contributed by atoms with van der Waals surface area (Å²) in [5, 5.41) is 20.2. The van der Waals surface area contributed by atoms with Crippen molar-refractivity contribution in [3.05, 3.63) is 77.4 Å². The molecule has 0 aliphatic carbocycles. The number of anilines is 1. The topological polar surface area (TPSA) is 68.5 Å². The number of nitrogens with zero attached hydrogens (tertiary/aromatic N) is 5. The third kappa shape index (κ3) is 3.24. The van der Waals surface area contributed by atoms with Crippen LogP contribution in [-0.4, -0.2) is 25.0 Å². The van der Waals surface area contributed by atoms with Gasteiger partial charge in [0.15, 0.2) is 5.65 Å². The largest absolute Gasteiger partial charge is 0.356 e. The summed E-state index contributed by atoms with van der Waals surface area (Å²) in [5.41, 5.74) is 3.04. The zero-order valence-corrected chi connectivity index (χ0v) is 15.2. The molecule has 0 atom stereocenters. The average molecular weight is 372 g/mol. The standard InChI is InChI=1S/C20H16N6S/c1-2-6-14(7-3-1)11-21-20-25-24-18(27-20)13-26-19-16(12-22-26)10-15-8-4-5-9-17(15)23-19/h1-10,12H,11,13H2,(H,21,25). The van der Waals surface area contributed by atoms with Gasteiger partial charge in [-0.1, -0.05) is 59.9 Å². The summed E-state index contributed by atoms with van der Waals surface area (Å²) >= 11 is 1.54. The molecule has 0 unspecified atom stereocenters. The lowest BCUT2D eigenvalue weighted by molar-refractivity contribution is 0.695. The van der Waals surface area contributed by atoms with E-state index in [-0.39, 0.29) is 0 Å². The Hall–Kier alpha value is -3.32. The SMILES string of the molecule is c1ccc(CNc2nnc(Cn3ncc4cc5ccccc5nc43)s2)cc1. The number of hydrogen-bond acceptors (Lipinski definition) is 6. The molecule has 0 spiro atoms. The van der Waals surface area contributed by atoms with Gasteiger partial charge in [-0.3, -0.25) is 0 Å². The molecule has 0 bridgehead atoms. The van der Waals surface area contributed by atoms with E-state index >= 15 is 0 Å². The second-order valence-corrected chi connectivity index (χ2v) is 7.30. The zero-order chi connectivity index (χ0) is 18.1. The van der Waals surface area contributed by atoms with Gasteiger partial charge in [0.2, 0.25) is 5.13 Å². The first-order valence-corrected chi connectivity index (χ1v) is 9.48. The molecule has 0 saturated heterocycles. The van der Waals surface area contributed by atoms with E-state index in [9.17, 15) is 0 Å². The molecule has 27 heavy (non-hydrogen) atoms. The highest BCUT2D eigenvalue weighted by atomic mass is 32.1. The summed E-state index contributed by atoms with van der Waals surface area (Å²) in [6.07, 6.45) is 1.85. The van der Waals surface area contributed by atoms with Crippen molar-refractivity contribution in [2.24, 2.45) is 0 Å². The fourth-order valence-electron chi connectivity index (χ4n) is 3.02. The summed E-state index contributed by atoms with van der Waals surface area (Å²) in [7, 11) is 0. The van der Waals surface area contributed by atoms with E-state index in [1.165, 1.54) is 5.56 Å². The molecule has 0 saturated carbocycles. The van der Waals surface area contributed by atoms with Crippen molar-refractivity contribution >= 4 is 38.4 Å². The van der Waals surface area contributed by atoms with Gasteiger partial charge < -0.3 is 5.32 Å². The van der Waals surface area contributed by atoms with E-state index in [4.69, 9.17) is 4.98 Å². The normalized spacial score (nSPS) is 11.3. The number of benzene rings is 2. The van der Waals surface area contributed by atoms with Gasteiger partial charge in [0.25, 0.3) is 0 Å².